The van der Waals surface area contributed by atoms with Gasteiger partial charge in [-0.25, -0.2) is 9.07 Å². The van der Waals surface area contributed by atoms with Gasteiger partial charge in [0.05, 0.1) is 23.1 Å². The highest BCUT2D eigenvalue weighted by Crippen LogP contribution is 2.16. The maximum Gasteiger partial charge on any atom is 0.303 e. The van der Waals surface area contributed by atoms with E-state index >= 15 is 0 Å². The third kappa shape index (κ3) is 3.94. The minimum atomic E-state index is -0.883. The van der Waals surface area contributed by atoms with Gasteiger partial charge in [-0.15, -0.1) is 0 Å². The van der Waals surface area contributed by atoms with Crippen molar-refractivity contribution in [1.82, 2.24) is 14.7 Å². The lowest BCUT2D eigenvalue weighted by atomic mass is 10.2. The fourth-order valence-electron chi connectivity index (χ4n) is 2.24. The number of nitrogens with zero attached hydrogens (tertiary/aromatic N) is 3. The standard InChI is InChI=1S/C16H18FN3O3/c1-11-14(16(23)19(2)9-3-4-15(21)22)10-18-20(11)13-7-5-12(17)6-8-13/h5-8,10H,3-4,9H2,1-2H3,(H,21,22). The lowest BCUT2D eigenvalue weighted by Gasteiger charge is -2.16. The van der Waals surface area contributed by atoms with Crippen LogP contribution in [0.1, 0.15) is 28.9 Å². The number of carbonyl (C=O) groups is 2. The van der Waals surface area contributed by atoms with Gasteiger partial charge in [-0.1, -0.05) is 0 Å². The molecule has 2 rings (SSSR count). The second-order valence-corrected chi connectivity index (χ2v) is 5.26. The fraction of sp³-hybridized carbons (Fsp3) is 0.312. The first-order valence-corrected chi connectivity index (χ1v) is 7.18. The number of hydrogen-bond acceptors (Lipinski definition) is 3. The number of hydrogen-bond donors (Lipinski definition) is 1. The minimum Gasteiger partial charge on any atom is -0.481 e. The molecular weight excluding hydrogens is 301 g/mol. The number of benzene rings is 1. The van der Waals surface area contributed by atoms with Crippen LogP contribution in [0.15, 0.2) is 30.5 Å². The van der Waals surface area contributed by atoms with Crippen molar-refractivity contribution in [1.29, 1.82) is 0 Å². The van der Waals surface area contributed by atoms with E-state index in [1.807, 2.05) is 0 Å². The van der Waals surface area contributed by atoms with Crippen LogP contribution in [0.2, 0.25) is 0 Å². The second kappa shape index (κ2) is 7.04. The average Bonchev–Trinajstić information content (AvgIpc) is 2.88. The van der Waals surface area contributed by atoms with Crippen molar-refractivity contribution in [2.45, 2.75) is 19.8 Å². The minimum absolute atomic E-state index is 0.0193. The normalized spacial score (nSPS) is 10.6. The Morgan fingerprint density at radius 2 is 1.96 bits per heavy atom. The van der Waals surface area contributed by atoms with Crippen molar-refractivity contribution in [3.8, 4) is 5.69 Å². The Hall–Kier alpha value is -2.70. The monoisotopic (exact) mass is 319 g/mol. The van der Waals surface area contributed by atoms with Gasteiger partial charge in [-0.05, 0) is 37.6 Å². The van der Waals surface area contributed by atoms with Crippen LogP contribution < -0.4 is 0 Å². The van der Waals surface area contributed by atoms with Gasteiger partial charge in [0.1, 0.15) is 5.82 Å². The predicted molar refractivity (Wildman–Crippen MR) is 82.1 cm³/mol. The largest absolute Gasteiger partial charge is 0.481 e. The van der Waals surface area contributed by atoms with Crippen molar-refractivity contribution in [3.63, 3.8) is 0 Å². The van der Waals surface area contributed by atoms with E-state index in [1.165, 1.54) is 23.2 Å². The number of carbonyl (C=O) groups excluding carboxylic acids is 1. The number of carboxylic acid groups (broad SMARTS) is 1. The first kappa shape index (κ1) is 16.7. The van der Waals surface area contributed by atoms with E-state index in [1.54, 1.807) is 30.8 Å². The summed E-state index contributed by atoms with van der Waals surface area (Å²) in [5, 5.41) is 12.8. The van der Waals surface area contributed by atoms with E-state index in [9.17, 15) is 14.0 Å². The first-order valence-electron chi connectivity index (χ1n) is 7.18. The topological polar surface area (TPSA) is 75.4 Å². The number of aromatic nitrogens is 2. The second-order valence-electron chi connectivity index (χ2n) is 5.26. The van der Waals surface area contributed by atoms with Crippen LogP contribution in [0, 0.1) is 12.7 Å². The third-order valence-electron chi connectivity index (χ3n) is 3.54. The molecule has 1 N–H and O–H groups in total. The molecule has 23 heavy (non-hydrogen) atoms. The van der Waals surface area contributed by atoms with Gasteiger partial charge in [0, 0.05) is 20.0 Å². The maximum atomic E-state index is 13.0. The molecule has 0 fully saturated rings. The lowest BCUT2D eigenvalue weighted by Crippen LogP contribution is -2.28. The molecule has 0 saturated heterocycles. The Balaban J connectivity index is 2.13. The highest BCUT2D eigenvalue weighted by atomic mass is 19.1. The molecule has 0 unspecified atom stereocenters. The highest BCUT2D eigenvalue weighted by Gasteiger charge is 2.18. The van der Waals surface area contributed by atoms with E-state index in [0.29, 0.717) is 29.9 Å². The zero-order valence-corrected chi connectivity index (χ0v) is 13.0. The first-order chi connectivity index (χ1) is 10.9. The molecular formula is C16H18FN3O3. The van der Waals surface area contributed by atoms with Crippen molar-refractivity contribution in [2.75, 3.05) is 13.6 Å². The number of aliphatic carboxylic acids is 1. The molecule has 122 valence electrons. The number of rotatable bonds is 6. The molecule has 1 aromatic heterocycles. The molecule has 1 aromatic carbocycles. The van der Waals surface area contributed by atoms with Gasteiger partial charge in [-0.2, -0.15) is 5.10 Å². The Morgan fingerprint density at radius 1 is 1.30 bits per heavy atom. The molecule has 0 bridgehead atoms. The Morgan fingerprint density at radius 3 is 2.57 bits per heavy atom. The SMILES string of the molecule is Cc1c(C(=O)N(C)CCCC(=O)O)cnn1-c1ccc(F)cc1. The smallest absolute Gasteiger partial charge is 0.303 e. The van der Waals surface area contributed by atoms with E-state index < -0.39 is 5.97 Å². The maximum absolute atomic E-state index is 13.0. The van der Waals surface area contributed by atoms with Crippen LogP contribution in [-0.2, 0) is 4.79 Å². The number of carboxylic acids is 1. The van der Waals surface area contributed by atoms with E-state index in [0.717, 1.165) is 0 Å². The van der Waals surface area contributed by atoms with E-state index in [2.05, 4.69) is 5.10 Å². The van der Waals surface area contributed by atoms with Gasteiger partial charge < -0.3 is 10.0 Å². The Kier molecular flexibility index (Phi) is 5.10. The molecule has 0 saturated carbocycles. The van der Waals surface area contributed by atoms with E-state index in [-0.39, 0.29) is 18.1 Å². The molecule has 0 aliphatic heterocycles. The lowest BCUT2D eigenvalue weighted by molar-refractivity contribution is -0.137. The third-order valence-corrected chi connectivity index (χ3v) is 3.54. The summed E-state index contributed by atoms with van der Waals surface area (Å²) in [7, 11) is 1.62. The average molecular weight is 319 g/mol. The molecule has 0 spiro atoms. The van der Waals surface area contributed by atoms with Gasteiger partial charge in [0.15, 0.2) is 0 Å². The van der Waals surface area contributed by atoms with Gasteiger partial charge in [0.2, 0.25) is 0 Å². The summed E-state index contributed by atoms with van der Waals surface area (Å²) >= 11 is 0. The molecule has 7 heteroatoms. The van der Waals surface area contributed by atoms with Crippen LogP contribution in [0.4, 0.5) is 4.39 Å². The Labute approximate surface area is 133 Å². The summed E-state index contributed by atoms with van der Waals surface area (Å²) in [6, 6.07) is 5.83. The van der Waals surface area contributed by atoms with Crippen molar-refractivity contribution < 1.29 is 19.1 Å². The summed E-state index contributed by atoms with van der Waals surface area (Å²) in [5.41, 5.74) is 1.75. The zero-order chi connectivity index (χ0) is 17.0. The summed E-state index contributed by atoms with van der Waals surface area (Å²) in [6.45, 7) is 2.11. The summed E-state index contributed by atoms with van der Waals surface area (Å²) in [5.74, 6) is -1.44. The molecule has 0 radical (unpaired) electrons. The molecule has 2 aromatic rings. The number of amides is 1. The highest BCUT2D eigenvalue weighted by molar-refractivity contribution is 5.95. The molecule has 0 atom stereocenters. The molecule has 1 amide bonds. The quantitative estimate of drug-likeness (QED) is 0.886. The van der Waals surface area contributed by atoms with Crippen LogP contribution >= 0.6 is 0 Å². The van der Waals surface area contributed by atoms with Gasteiger partial charge in [-0.3, -0.25) is 9.59 Å². The van der Waals surface area contributed by atoms with Gasteiger partial charge >= 0.3 is 5.97 Å². The molecule has 6 nitrogen and oxygen atoms in total. The van der Waals surface area contributed by atoms with Crippen molar-refractivity contribution >= 4 is 11.9 Å². The van der Waals surface area contributed by atoms with Crippen molar-refractivity contribution in [3.05, 3.63) is 47.5 Å². The summed E-state index contributed by atoms with van der Waals surface area (Å²) in [4.78, 5) is 24.4. The molecule has 1 heterocycles. The summed E-state index contributed by atoms with van der Waals surface area (Å²) in [6.07, 6.45) is 1.88. The van der Waals surface area contributed by atoms with Gasteiger partial charge in [0.25, 0.3) is 5.91 Å². The predicted octanol–water partition coefficient (Wildman–Crippen LogP) is 2.26. The summed E-state index contributed by atoms with van der Waals surface area (Å²) < 4.78 is 14.6. The van der Waals surface area contributed by atoms with Crippen LogP contribution in [0.5, 0.6) is 0 Å². The fourth-order valence-corrected chi connectivity index (χ4v) is 2.24. The molecule has 0 aliphatic carbocycles. The Bertz CT molecular complexity index is 710. The van der Waals surface area contributed by atoms with Crippen molar-refractivity contribution in [2.24, 2.45) is 0 Å². The van der Waals surface area contributed by atoms with Crippen LogP contribution in [0.3, 0.4) is 0 Å². The van der Waals surface area contributed by atoms with Crippen LogP contribution in [-0.4, -0.2) is 45.3 Å². The zero-order valence-electron chi connectivity index (χ0n) is 13.0. The van der Waals surface area contributed by atoms with Crippen LogP contribution in [0.25, 0.3) is 5.69 Å². The number of halogens is 1. The van der Waals surface area contributed by atoms with E-state index in [4.69, 9.17) is 5.11 Å². The molecule has 0 aliphatic rings.